The number of carboxylic acid groups (broad SMARTS) is 1. The second kappa shape index (κ2) is 7.04. The molecule has 0 saturated heterocycles. The third-order valence-electron chi connectivity index (χ3n) is 2.04. The first-order valence-electron chi connectivity index (χ1n) is 5.53. The van der Waals surface area contributed by atoms with Crippen LogP contribution in [0.2, 0.25) is 0 Å². The van der Waals surface area contributed by atoms with Crippen LogP contribution in [0.25, 0.3) is 0 Å². The van der Waals surface area contributed by atoms with Crippen molar-refractivity contribution in [1.29, 1.82) is 0 Å². The predicted octanol–water partition coefficient (Wildman–Crippen LogP) is -0.142. The number of carbonyl (C=O) groups excluding carboxylic acids is 2. The number of esters is 1. The second-order valence-corrected chi connectivity index (χ2v) is 3.40. The van der Waals surface area contributed by atoms with Crippen molar-refractivity contribution in [3.63, 3.8) is 0 Å². The maximum Gasteiger partial charge on any atom is 0.354 e. The number of hydrogen-bond acceptors (Lipinski definition) is 6. The summed E-state index contributed by atoms with van der Waals surface area (Å²) >= 11 is 0. The Morgan fingerprint density at radius 3 is 2.63 bits per heavy atom. The van der Waals surface area contributed by atoms with Crippen molar-refractivity contribution in [2.45, 2.75) is 13.3 Å². The van der Waals surface area contributed by atoms with Crippen LogP contribution in [0.3, 0.4) is 0 Å². The molecule has 0 atom stereocenters. The Morgan fingerprint density at radius 1 is 1.32 bits per heavy atom. The number of ether oxygens (including phenoxy) is 1. The standard InChI is InChI=1S/C11H13N3O5/c1-2-19-9(15)3-4-12-10(16)7-5-8(11(17)18)14-6-13-7/h5-6H,2-4H2,1H3,(H,12,16)(H,17,18). The average Bonchev–Trinajstić information content (AvgIpc) is 2.39. The van der Waals surface area contributed by atoms with Gasteiger partial charge < -0.3 is 15.2 Å². The van der Waals surface area contributed by atoms with E-state index in [2.05, 4.69) is 20.0 Å². The molecule has 102 valence electrons. The maximum atomic E-state index is 11.6. The molecule has 0 unspecified atom stereocenters. The van der Waals surface area contributed by atoms with Crippen molar-refractivity contribution in [3.8, 4) is 0 Å². The highest BCUT2D eigenvalue weighted by atomic mass is 16.5. The first-order valence-corrected chi connectivity index (χ1v) is 5.53. The highest BCUT2D eigenvalue weighted by Gasteiger charge is 2.12. The van der Waals surface area contributed by atoms with Crippen molar-refractivity contribution in [2.75, 3.05) is 13.2 Å². The summed E-state index contributed by atoms with van der Waals surface area (Å²) in [6, 6.07) is 1.06. The highest BCUT2D eigenvalue weighted by Crippen LogP contribution is 1.98. The third-order valence-corrected chi connectivity index (χ3v) is 2.04. The Labute approximate surface area is 108 Å². The lowest BCUT2D eigenvalue weighted by molar-refractivity contribution is -0.142. The summed E-state index contributed by atoms with van der Waals surface area (Å²) in [7, 11) is 0. The predicted molar refractivity (Wildman–Crippen MR) is 62.6 cm³/mol. The second-order valence-electron chi connectivity index (χ2n) is 3.40. The van der Waals surface area contributed by atoms with E-state index in [0.717, 1.165) is 12.4 Å². The number of nitrogens with one attached hydrogen (secondary N) is 1. The largest absolute Gasteiger partial charge is 0.477 e. The average molecular weight is 267 g/mol. The molecule has 0 aliphatic rings. The number of carbonyl (C=O) groups is 3. The van der Waals surface area contributed by atoms with Gasteiger partial charge in [0, 0.05) is 12.6 Å². The van der Waals surface area contributed by atoms with Crippen LogP contribution in [0.4, 0.5) is 0 Å². The molecule has 1 heterocycles. The van der Waals surface area contributed by atoms with E-state index in [0.29, 0.717) is 0 Å². The number of nitrogens with zero attached hydrogens (tertiary/aromatic N) is 2. The first-order chi connectivity index (χ1) is 9.04. The van der Waals surface area contributed by atoms with E-state index in [9.17, 15) is 14.4 Å². The van der Waals surface area contributed by atoms with E-state index in [-0.39, 0.29) is 31.0 Å². The smallest absolute Gasteiger partial charge is 0.354 e. The van der Waals surface area contributed by atoms with Gasteiger partial charge in [-0.05, 0) is 6.92 Å². The molecule has 0 aliphatic carbocycles. The van der Waals surface area contributed by atoms with E-state index in [1.165, 1.54) is 0 Å². The van der Waals surface area contributed by atoms with Gasteiger partial charge in [-0.2, -0.15) is 0 Å². The van der Waals surface area contributed by atoms with Gasteiger partial charge in [0.05, 0.1) is 13.0 Å². The molecule has 1 aromatic rings. The molecule has 0 saturated carbocycles. The highest BCUT2D eigenvalue weighted by molar-refractivity contribution is 5.95. The summed E-state index contributed by atoms with van der Waals surface area (Å²) in [5.74, 6) is -2.24. The number of hydrogen-bond donors (Lipinski definition) is 2. The minimum atomic E-state index is -1.25. The summed E-state index contributed by atoms with van der Waals surface area (Å²) in [4.78, 5) is 40.5. The van der Waals surface area contributed by atoms with Gasteiger partial charge in [0.1, 0.15) is 12.0 Å². The summed E-state index contributed by atoms with van der Waals surface area (Å²) in [5, 5.41) is 11.1. The van der Waals surface area contributed by atoms with Crippen LogP contribution in [0.15, 0.2) is 12.4 Å². The van der Waals surface area contributed by atoms with Gasteiger partial charge in [-0.25, -0.2) is 14.8 Å². The summed E-state index contributed by atoms with van der Waals surface area (Å²) in [6.45, 7) is 2.05. The van der Waals surface area contributed by atoms with Gasteiger partial charge in [0.25, 0.3) is 5.91 Å². The van der Waals surface area contributed by atoms with Gasteiger partial charge in [-0.15, -0.1) is 0 Å². The Kier molecular flexibility index (Phi) is 5.39. The molecule has 1 aromatic heterocycles. The van der Waals surface area contributed by atoms with Crippen LogP contribution in [0, 0.1) is 0 Å². The number of aromatic nitrogens is 2. The lowest BCUT2D eigenvalue weighted by atomic mass is 10.3. The van der Waals surface area contributed by atoms with Crippen molar-refractivity contribution in [2.24, 2.45) is 0 Å². The van der Waals surface area contributed by atoms with E-state index in [4.69, 9.17) is 5.11 Å². The minimum absolute atomic E-state index is 0.0381. The SMILES string of the molecule is CCOC(=O)CCNC(=O)c1cc(C(=O)O)ncn1. The maximum absolute atomic E-state index is 11.6. The van der Waals surface area contributed by atoms with Gasteiger partial charge in [-0.3, -0.25) is 9.59 Å². The van der Waals surface area contributed by atoms with Crippen LogP contribution < -0.4 is 5.32 Å². The van der Waals surface area contributed by atoms with Crippen molar-refractivity contribution in [3.05, 3.63) is 23.8 Å². The zero-order valence-corrected chi connectivity index (χ0v) is 10.3. The Morgan fingerprint density at radius 2 is 2.00 bits per heavy atom. The fraction of sp³-hybridized carbons (Fsp3) is 0.364. The zero-order valence-electron chi connectivity index (χ0n) is 10.3. The fourth-order valence-corrected chi connectivity index (χ4v) is 1.20. The lowest BCUT2D eigenvalue weighted by Gasteiger charge is -2.04. The lowest BCUT2D eigenvalue weighted by Crippen LogP contribution is -2.27. The van der Waals surface area contributed by atoms with E-state index in [1.54, 1.807) is 6.92 Å². The van der Waals surface area contributed by atoms with Crippen LogP contribution in [0.5, 0.6) is 0 Å². The van der Waals surface area contributed by atoms with E-state index < -0.39 is 17.8 Å². The first kappa shape index (κ1) is 14.6. The fourth-order valence-electron chi connectivity index (χ4n) is 1.20. The quantitative estimate of drug-likeness (QED) is 0.688. The Balaban J connectivity index is 2.52. The topological polar surface area (TPSA) is 118 Å². The normalized spacial score (nSPS) is 9.74. The van der Waals surface area contributed by atoms with Crippen molar-refractivity contribution in [1.82, 2.24) is 15.3 Å². The van der Waals surface area contributed by atoms with E-state index >= 15 is 0 Å². The molecular weight excluding hydrogens is 254 g/mol. The molecule has 1 rings (SSSR count). The van der Waals surface area contributed by atoms with Gasteiger partial charge in [0.2, 0.25) is 0 Å². The Bertz CT molecular complexity index is 489. The Hall–Kier alpha value is -2.51. The zero-order chi connectivity index (χ0) is 14.3. The number of carboxylic acids is 1. The molecule has 0 aromatic carbocycles. The molecule has 2 N–H and O–H groups in total. The molecule has 0 bridgehead atoms. The molecule has 8 heteroatoms. The minimum Gasteiger partial charge on any atom is -0.477 e. The molecule has 0 radical (unpaired) electrons. The summed E-state index contributed by atoms with van der Waals surface area (Å²) in [5.41, 5.74) is -0.346. The van der Waals surface area contributed by atoms with Crippen LogP contribution in [-0.4, -0.2) is 46.1 Å². The van der Waals surface area contributed by atoms with Crippen molar-refractivity contribution >= 4 is 17.8 Å². The summed E-state index contributed by atoms with van der Waals surface area (Å²) in [6.07, 6.45) is 1.03. The summed E-state index contributed by atoms with van der Waals surface area (Å²) < 4.78 is 4.69. The van der Waals surface area contributed by atoms with E-state index in [1.807, 2.05) is 0 Å². The number of aromatic carboxylic acids is 1. The molecule has 0 aliphatic heterocycles. The van der Waals surface area contributed by atoms with Crippen LogP contribution >= 0.6 is 0 Å². The molecular formula is C11H13N3O5. The number of rotatable bonds is 6. The van der Waals surface area contributed by atoms with Crippen LogP contribution in [0.1, 0.15) is 34.3 Å². The molecule has 0 spiro atoms. The van der Waals surface area contributed by atoms with Gasteiger partial charge >= 0.3 is 11.9 Å². The molecule has 19 heavy (non-hydrogen) atoms. The molecule has 8 nitrogen and oxygen atoms in total. The third kappa shape index (κ3) is 4.70. The van der Waals surface area contributed by atoms with Gasteiger partial charge in [0.15, 0.2) is 5.69 Å². The van der Waals surface area contributed by atoms with Gasteiger partial charge in [-0.1, -0.05) is 0 Å². The van der Waals surface area contributed by atoms with Crippen LogP contribution in [-0.2, 0) is 9.53 Å². The molecule has 1 amide bonds. The van der Waals surface area contributed by atoms with Crippen molar-refractivity contribution < 1.29 is 24.2 Å². The monoisotopic (exact) mass is 267 g/mol. The number of amides is 1. The molecule has 0 fully saturated rings.